The molecule has 2 fully saturated rings. The zero-order valence-electron chi connectivity index (χ0n) is 17.4. The van der Waals surface area contributed by atoms with Crippen molar-refractivity contribution in [3.8, 4) is 0 Å². The smallest absolute Gasteiger partial charge is 0.194 e. The van der Waals surface area contributed by atoms with E-state index in [1.165, 1.54) is 5.56 Å². The number of morpholine rings is 1. The fourth-order valence-corrected chi connectivity index (χ4v) is 4.79. The van der Waals surface area contributed by atoms with Crippen molar-refractivity contribution < 1.29 is 4.74 Å². The molecule has 2 unspecified atom stereocenters. The summed E-state index contributed by atoms with van der Waals surface area (Å²) in [5, 5.41) is 6.61. The first-order valence-corrected chi connectivity index (χ1v) is 11.0. The second-order valence-corrected chi connectivity index (χ2v) is 8.59. The molecule has 2 aliphatic rings. The summed E-state index contributed by atoms with van der Waals surface area (Å²) in [5.41, 5.74) is 2.40. The molecule has 2 saturated heterocycles. The molecule has 2 aliphatic heterocycles. The van der Waals surface area contributed by atoms with E-state index in [1.54, 1.807) is 11.3 Å². The van der Waals surface area contributed by atoms with Gasteiger partial charge in [0.25, 0.3) is 0 Å². The minimum absolute atomic E-state index is 0.227. The van der Waals surface area contributed by atoms with Crippen LogP contribution in [0.2, 0.25) is 0 Å². The van der Waals surface area contributed by atoms with Crippen LogP contribution < -0.4 is 10.2 Å². The van der Waals surface area contributed by atoms with Gasteiger partial charge in [0.1, 0.15) is 0 Å². The average Bonchev–Trinajstić information content (AvgIpc) is 3.37. The van der Waals surface area contributed by atoms with Crippen LogP contribution in [0.25, 0.3) is 0 Å². The second-order valence-electron chi connectivity index (χ2n) is 7.75. The molecule has 156 valence electrons. The molecule has 2 aromatic rings. The van der Waals surface area contributed by atoms with Crippen LogP contribution in [0.3, 0.4) is 0 Å². The highest BCUT2D eigenvalue weighted by atomic mass is 32.1. The van der Waals surface area contributed by atoms with Gasteiger partial charge in [-0.3, -0.25) is 9.89 Å². The molecule has 4 rings (SSSR count). The average molecular weight is 415 g/mol. The Morgan fingerprint density at radius 3 is 2.86 bits per heavy atom. The Morgan fingerprint density at radius 2 is 2.14 bits per heavy atom. The highest BCUT2D eigenvalue weighted by Crippen LogP contribution is 2.25. The minimum atomic E-state index is 0.227. The van der Waals surface area contributed by atoms with E-state index in [2.05, 4.69) is 60.8 Å². The number of hydrogen-bond acceptors (Lipinski definition) is 6. The van der Waals surface area contributed by atoms with Gasteiger partial charge in [-0.05, 0) is 5.56 Å². The van der Waals surface area contributed by atoms with Gasteiger partial charge in [-0.2, -0.15) is 0 Å². The first-order valence-electron chi connectivity index (χ1n) is 10.1. The van der Waals surface area contributed by atoms with E-state index >= 15 is 0 Å². The molecule has 2 atom stereocenters. The van der Waals surface area contributed by atoms with E-state index in [1.807, 2.05) is 26.0 Å². The number of benzene rings is 1. The van der Waals surface area contributed by atoms with Gasteiger partial charge in [-0.1, -0.05) is 30.3 Å². The molecule has 8 heteroatoms. The number of aromatic nitrogens is 1. The maximum Gasteiger partial charge on any atom is 0.194 e. The van der Waals surface area contributed by atoms with E-state index in [0.717, 1.165) is 49.6 Å². The van der Waals surface area contributed by atoms with Crippen LogP contribution in [0.4, 0.5) is 5.13 Å². The molecule has 1 aromatic carbocycles. The third-order valence-electron chi connectivity index (χ3n) is 5.51. The third-order valence-corrected chi connectivity index (χ3v) is 6.56. The van der Waals surface area contributed by atoms with Gasteiger partial charge in [0.05, 0.1) is 31.0 Å². The molecule has 0 aliphatic carbocycles. The van der Waals surface area contributed by atoms with Crippen molar-refractivity contribution in [3.05, 3.63) is 47.0 Å². The van der Waals surface area contributed by atoms with Crippen molar-refractivity contribution in [2.45, 2.75) is 25.2 Å². The van der Waals surface area contributed by atoms with E-state index in [4.69, 9.17) is 4.74 Å². The van der Waals surface area contributed by atoms with Gasteiger partial charge in [0.2, 0.25) is 0 Å². The zero-order valence-corrected chi connectivity index (χ0v) is 18.2. The van der Waals surface area contributed by atoms with Crippen LogP contribution in [0.1, 0.15) is 11.3 Å². The highest BCUT2D eigenvalue weighted by molar-refractivity contribution is 7.13. The Hall–Kier alpha value is -2.16. The number of fused-ring (bicyclic) bond motifs is 1. The molecule has 3 heterocycles. The first kappa shape index (κ1) is 20.1. The predicted molar refractivity (Wildman–Crippen MR) is 119 cm³/mol. The van der Waals surface area contributed by atoms with Gasteiger partial charge in [0.15, 0.2) is 11.1 Å². The Kier molecular flexibility index (Phi) is 6.32. The summed E-state index contributed by atoms with van der Waals surface area (Å²) >= 11 is 1.66. The summed E-state index contributed by atoms with van der Waals surface area (Å²) in [4.78, 5) is 16.1. The zero-order chi connectivity index (χ0) is 20.2. The maximum atomic E-state index is 6.10. The highest BCUT2D eigenvalue weighted by Gasteiger charge is 2.41. The normalized spacial score (nSPS) is 22.6. The summed E-state index contributed by atoms with van der Waals surface area (Å²) in [6.07, 6.45) is 0.227. The lowest BCUT2D eigenvalue weighted by atomic mass is 10.1. The fourth-order valence-electron chi connectivity index (χ4n) is 4.03. The van der Waals surface area contributed by atoms with Crippen LogP contribution in [-0.4, -0.2) is 80.3 Å². The van der Waals surface area contributed by atoms with Crippen LogP contribution in [-0.2, 0) is 17.8 Å². The molecule has 0 amide bonds. The summed E-state index contributed by atoms with van der Waals surface area (Å²) in [6, 6.07) is 11.1. The van der Waals surface area contributed by atoms with Crippen molar-refractivity contribution in [3.63, 3.8) is 0 Å². The Bertz CT molecular complexity index is 824. The maximum absolute atomic E-state index is 6.10. The van der Waals surface area contributed by atoms with Crippen LogP contribution >= 0.6 is 11.3 Å². The molecule has 0 radical (unpaired) electrons. The SMILES string of the molecule is CN=C(NCc1csc(N(C)C)n1)N1CC2OCCN(Cc3ccccc3)C2C1. The lowest BCUT2D eigenvalue weighted by Gasteiger charge is -2.36. The van der Waals surface area contributed by atoms with Crippen LogP contribution in [0.15, 0.2) is 40.7 Å². The van der Waals surface area contributed by atoms with Crippen molar-refractivity contribution >= 4 is 22.4 Å². The number of hydrogen-bond donors (Lipinski definition) is 1. The monoisotopic (exact) mass is 414 g/mol. The third kappa shape index (κ3) is 4.71. The minimum Gasteiger partial charge on any atom is -0.373 e. The van der Waals surface area contributed by atoms with E-state index in [0.29, 0.717) is 12.6 Å². The Morgan fingerprint density at radius 1 is 1.31 bits per heavy atom. The molecule has 1 N–H and O–H groups in total. The molecule has 7 nitrogen and oxygen atoms in total. The van der Waals surface area contributed by atoms with Gasteiger partial charge < -0.3 is 19.9 Å². The van der Waals surface area contributed by atoms with Crippen molar-refractivity contribution in [2.24, 2.45) is 4.99 Å². The number of nitrogens with zero attached hydrogens (tertiary/aromatic N) is 5. The Balaban J connectivity index is 1.37. The van der Waals surface area contributed by atoms with Gasteiger partial charge in [-0.25, -0.2) is 4.98 Å². The number of nitrogens with one attached hydrogen (secondary N) is 1. The molecule has 0 bridgehead atoms. The largest absolute Gasteiger partial charge is 0.373 e. The number of anilines is 1. The Labute approximate surface area is 177 Å². The summed E-state index contributed by atoms with van der Waals surface area (Å²) in [5.74, 6) is 0.919. The lowest BCUT2D eigenvalue weighted by molar-refractivity contribution is -0.0502. The van der Waals surface area contributed by atoms with Crippen LogP contribution in [0.5, 0.6) is 0 Å². The predicted octanol–water partition coefficient (Wildman–Crippen LogP) is 1.87. The summed E-state index contributed by atoms with van der Waals surface area (Å²) in [7, 11) is 5.88. The number of rotatable bonds is 5. The van der Waals surface area contributed by atoms with E-state index in [9.17, 15) is 0 Å². The first-order chi connectivity index (χ1) is 14.1. The van der Waals surface area contributed by atoms with Gasteiger partial charge >= 0.3 is 0 Å². The lowest BCUT2D eigenvalue weighted by Crippen LogP contribution is -2.50. The molecular weight excluding hydrogens is 384 g/mol. The number of ether oxygens (including phenoxy) is 1. The van der Waals surface area contributed by atoms with Crippen molar-refractivity contribution in [2.75, 3.05) is 52.3 Å². The number of aliphatic imine (C=N–C) groups is 1. The molecular formula is C21H30N6OS. The number of thiazole rings is 1. The van der Waals surface area contributed by atoms with Gasteiger partial charge in [0, 0.05) is 52.7 Å². The molecule has 0 saturated carbocycles. The standard InChI is InChI=1S/C21H30N6OS/c1-22-20(23-11-17-15-29-21(24-17)25(2)3)27-13-18-19(14-27)28-10-9-26(18)12-16-7-5-4-6-8-16/h4-8,15,18-19H,9-14H2,1-3H3,(H,22,23). The molecule has 1 aromatic heterocycles. The van der Waals surface area contributed by atoms with E-state index in [-0.39, 0.29) is 6.10 Å². The van der Waals surface area contributed by atoms with E-state index < -0.39 is 0 Å². The van der Waals surface area contributed by atoms with Gasteiger partial charge in [-0.15, -0.1) is 11.3 Å². The quantitative estimate of drug-likeness (QED) is 0.596. The topological polar surface area (TPSA) is 56.2 Å². The van der Waals surface area contributed by atoms with Crippen molar-refractivity contribution in [1.29, 1.82) is 0 Å². The van der Waals surface area contributed by atoms with Crippen molar-refractivity contribution in [1.82, 2.24) is 20.1 Å². The number of likely N-dealkylation sites (tertiary alicyclic amines) is 1. The molecule has 29 heavy (non-hydrogen) atoms. The fraction of sp³-hybridized carbons (Fsp3) is 0.524. The molecule has 0 spiro atoms. The van der Waals surface area contributed by atoms with Crippen LogP contribution in [0, 0.1) is 0 Å². The summed E-state index contributed by atoms with van der Waals surface area (Å²) in [6.45, 7) is 5.21. The number of guanidine groups is 1. The second kappa shape index (κ2) is 9.11. The summed E-state index contributed by atoms with van der Waals surface area (Å²) < 4.78 is 6.10.